The molecule has 1 rings (SSSR count). The summed E-state index contributed by atoms with van der Waals surface area (Å²) in [4.78, 5) is 42.5. The zero-order chi connectivity index (χ0) is 23.8. The molecule has 0 aromatic carbocycles. The summed E-state index contributed by atoms with van der Waals surface area (Å²) in [5.74, 6) is -1.49. The van der Waals surface area contributed by atoms with E-state index in [4.69, 9.17) is 11.5 Å². The number of aliphatic hydroxyl groups is 1. The third kappa shape index (κ3) is 8.95. The van der Waals surface area contributed by atoms with Crippen molar-refractivity contribution in [2.45, 2.75) is 84.8 Å². The summed E-state index contributed by atoms with van der Waals surface area (Å²) in [6.45, 7) is 9.57. The van der Waals surface area contributed by atoms with Gasteiger partial charge in [-0.15, -0.1) is 0 Å². The first-order valence-corrected chi connectivity index (χ1v) is 11.2. The van der Waals surface area contributed by atoms with Gasteiger partial charge in [0.1, 0.15) is 0 Å². The molecule has 1 aliphatic carbocycles. The summed E-state index contributed by atoms with van der Waals surface area (Å²) in [5, 5.41) is 15.8. The quantitative estimate of drug-likeness (QED) is 0.141. The van der Waals surface area contributed by atoms with Crippen molar-refractivity contribution in [1.82, 2.24) is 10.6 Å². The van der Waals surface area contributed by atoms with Crippen LogP contribution in [-0.2, 0) is 14.4 Å². The minimum atomic E-state index is -0.900. The van der Waals surface area contributed by atoms with E-state index < -0.39 is 35.9 Å². The van der Waals surface area contributed by atoms with Gasteiger partial charge in [-0.2, -0.15) is 0 Å². The predicted octanol–water partition coefficient (Wildman–Crippen LogP) is 0.484. The van der Waals surface area contributed by atoms with Crippen molar-refractivity contribution in [2.24, 2.45) is 33.7 Å². The summed E-state index contributed by atoms with van der Waals surface area (Å²) in [5.41, 5.74) is 10.3. The maximum absolute atomic E-state index is 12.9. The van der Waals surface area contributed by atoms with Crippen LogP contribution < -0.4 is 22.1 Å². The zero-order valence-electron chi connectivity index (χ0n) is 19.6. The lowest BCUT2D eigenvalue weighted by Gasteiger charge is -2.26. The van der Waals surface area contributed by atoms with Gasteiger partial charge in [-0.05, 0) is 31.6 Å². The summed E-state index contributed by atoms with van der Waals surface area (Å²) >= 11 is 0. The van der Waals surface area contributed by atoms with Gasteiger partial charge in [-0.3, -0.25) is 19.4 Å². The number of nitrogens with zero attached hydrogens (tertiary/aromatic N) is 1. The summed E-state index contributed by atoms with van der Waals surface area (Å²) in [6, 6.07) is -0.971. The second-order valence-electron chi connectivity index (χ2n) is 9.53. The molecular weight excluding hydrogens is 398 g/mol. The van der Waals surface area contributed by atoms with Crippen LogP contribution in [-0.4, -0.2) is 59.8 Å². The molecule has 1 fully saturated rings. The largest absolute Gasteiger partial charge is 0.396 e. The fourth-order valence-electron chi connectivity index (χ4n) is 3.54. The third-order valence-corrected chi connectivity index (χ3v) is 5.74. The molecule has 0 aromatic rings. The molecule has 0 spiro atoms. The number of hydrogen-bond acceptors (Lipinski definition) is 6. The van der Waals surface area contributed by atoms with Crippen LogP contribution in [0, 0.1) is 17.3 Å². The zero-order valence-corrected chi connectivity index (χ0v) is 19.6. The SMILES string of the molecule is CC(C)N[C@H](C(=O)C[C@@H](CO)C(=O)N[C@@H](CCCN=C(N)N)C(=O)C1(C)CC1)C(C)C. The van der Waals surface area contributed by atoms with Gasteiger partial charge in [-0.1, -0.05) is 34.6 Å². The molecule has 3 atom stereocenters. The standard InChI is InChI=1S/C22H41N5O4/c1-13(2)18(26-14(3)4)17(29)11-15(12-28)20(31)27-16(7-6-10-25-21(23)24)19(30)22(5)8-9-22/h13-16,18,26,28H,6-12H2,1-5H3,(H,27,31)(H4,23,24,25)/t15-,16-,18-/m0/s1. The van der Waals surface area contributed by atoms with E-state index in [0.29, 0.717) is 19.4 Å². The maximum atomic E-state index is 12.9. The van der Waals surface area contributed by atoms with Gasteiger partial charge < -0.3 is 27.2 Å². The fourth-order valence-corrected chi connectivity index (χ4v) is 3.54. The van der Waals surface area contributed by atoms with Crippen molar-refractivity contribution in [3.63, 3.8) is 0 Å². The van der Waals surface area contributed by atoms with Gasteiger partial charge in [0.05, 0.1) is 24.6 Å². The number of carbonyl (C=O) groups excluding carboxylic acids is 3. The number of Topliss-reactive ketones (excluding diaryl/α,β-unsaturated/α-hetero) is 2. The minimum absolute atomic E-state index is 0.0184. The Morgan fingerprint density at radius 3 is 2.19 bits per heavy atom. The molecule has 178 valence electrons. The van der Waals surface area contributed by atoms with E-state index in [2.05, 4.69) is 15.6 Å². The molecule has 0 aromatic heterocycles. The smallest absolute Gasteiger partial charge is 0.226 e. The Morgan fingerprint density at radius 2 is 1.74 bits per heavy atom. The molecule has 0 aliphatic heterocycles. The number of aliphatic imine (C=N–C) groups is 1. The third-order valence-electron chi connectivity index (χ3n) is 5.74. The van der Waals surface area contributed by atoms with E-state index in [1.807, 2.05) is 34.6 Å². The molecule has 1 amide bonds. The van der Waals surface area contributed by atoms with Crippen LogP contribution in [0.1, 0.15) is 66.7 Å². The lowest BCUT2D eigenvalue weighted by Crippen LogP contribution is -2.49. The Balaban J connectivity index is 2.81. The van der Waals surface area contributed by atoms with Crippen molar-refractivity contribution in [3.8, 4) is 0 Å². The molecule has 9 heteroatoms. The normalized spacial score (nSPS) is 17.7. The first-order valence-electron chi connectivity index (χ1n) is 11.2. The van der Waals surface area contributed by atoms with E-state index in [0.717, 1.165) is 12.8 Å². The Bertz CT molecular complexity index is 654. The highest BCUT2D eigenvalue weighted by atomic mass is 16.3. The molecule has 0 unspecified atom stereocenters. The molecule has 7 N–H and O–H groups in total. The van der Waals surface area contributed by atoms with Crippen LogP contribution in [0.25, 0.3) is 0 Å². The summed E-state index contributed by atoms with van der Waals surface area (Å²) in [6.07, 6.45) is 2.43. The van der Waals surface area contributed by atoms with E-state index in [-0.39, 0.29) is 35.9 Å². The topological polar surface area (TPSA) is 160 Å². The van der Waals surface area contributed by atoms with Crippen LogP contribution in [0.4, 0.5) is 0 Å². The van der Waals surface area contributed by atoms with Crippen LogP contribution in [0.2, 0.25) is 0 Å². The van der Waals surface area contributed by atoms with Crippen molar-refractivity contribution in [2.75, 3.05) is 13.2 Å². The van der Waals surface area contributed by atoms with E-state index in [9.17, 15) is 19.5 Å². The molecule has 0 radical (unpaired) electrons. The molecule has 9 nitrogen and oxygen atoms in total. The molecular formula is C22H41N5O4. The Labute approximate surface area is 185 Å². The molecule has 1 saturated carbocycles. The Morgan fingerprint density at radius 1 is 1.13 bits per heavy atom. The minimum Gasteiger partial charge on any atom is -0.396 e. The number of guanidine groups is 1. The number of nitrogens with one attached hydrogen (secondary N) is 2. The Kier molecular flexibility index (Phi) is 10.6. The summed E-state index contributed by atoms with van der Waals surface area (Å²) in [7, 11) is 0. The predicted molar refractivity (Wildman–Crippen MR) is 121 cm³/mol. The van der Waals surface area contributed by atoms with Crippen molar-refractivity contribution < 1.29 is 19.5 Å². The second kappa shape index (κ2) is 12.1. The van der Waals surface area contributed by atoms with E-state index in [1.165, 1.54) is 0 Å². The first kappa shape index (κ1) is 27.0. The van der Waals surface area contributed by atoms with E-state index >= 15 is 0 Å². The van der Waals surface area contributed by atoms with Gasteiger partial charge >= 0.3 is 0 Å². The number of amides is 1. The lowest BCUT2D eigenvalue weighted by atomic mass is 9.90. The average Bonchev–Trinajstić information content (AvgIpc) is 3.43. The second-order valence-corrected chi connectivity index (χ2v) is 9.53. The van der Waals surface area contributed by atoms with Crippen LogP contribution >= 0.6 is 0 Å². The molecule has 1 aliphatic rings. The molecule has 0 bridgehead atoms. The van der Waals surface area contributed by atoms with Gasteiger partial charge in [0.25, 0.3) is 0 Å². The van der Waals surface area contributed by atoms with Gasteiger partial charge in [-0.25, -0.2) is 0 Å². The van der Waals surface area contributed by atoms with Crippen molar-refractivity contribution in [1.29, 1.82) is 0 Å². The number of rotatable bonds is 15. The first-order chi connectivity index (χ1) is 14.4. The van der Waals surface area contributed by atoms with Crippen LogP contribution in [0.3, 0.4) is 0 Å². The van der Waals surface area contributed by atoms with Crippen LogP contribution in [0.15, 0.2) is 4.99 Å². The van der Waals surface area contributed by atoms with Crippen molar-refractivity contribution in [3.05, 3.63) is 0 Å². The number of ketones is 2. The van der Waals surface area contributed by atoms with Crippen LogP contribution in [0.5, 0.6) is 0 Å². The highest BCUT2D eigenvalue weighted by Crippen LogP contribution is 2.46. The number of nitrogens with two attached hydrogens (primary N) is 2. The van der Waals surface area contributed by atoms with Gasteiger partial charge in [0.2, 0.25) is 5.91 Å². The van der Waals surface area contributed by atoms with Crippen molar-refractivity contribution >= 4 is 23.4 Å². The fraction of sp³-hybridized carbons (Fsp3) is 0.818. The molecule has 0 saturated heterocycles. The average molecular weight is 440 g/mol. The Hall–Kier alpha value is -2.00. The van der Waals surface area contributed by atoms with Gasteiger partial charge in [0.15, 0.2) is 17.5 Å². The highest BCUT2D eigenvalue weighted by Gasteiger charge is 2.47. The monoisotopic (exact) mass is 439 g/mol. The highest BCUT2D eigenvalue weighted by molar-refractivity contribution is 5.96. The maximum Gasteiger partial charge on any atom is 0.226 e. The lowest BCUT2D eigenvalue weighted by molar-refractivity contribution is -0.135. The molecule has 0 heterocycles. The number of aliphatic hydroxyl groups excluding tert-OH is 1. The summed E-state index contributed by atoms with van der Waals surface area (Å²) < 4.78 is 0. The molecule has 31 heavy (non-hydrogen) atoms. The number of hydrogen-bond donors (Lipinski definition) is 5. The van der Waals surface area contributed by atoms with E-state index in [1.54, 1.807) is 0 Å². The van der Waals surface area contributed by atoms with Gasteiger partial charge in [0, 0.05) is 24.4 Å². The number of carbonyl (C=O) groups is 3.